The fourth-order valence-electron chi connectivity index (χ4n) is 1.20. The second-order valence-corrected chi connectivity index (χ2v) is 4.73. The summed E-state index contributed by atoms with van der Waals surface area (Å²) in [6.07, 6.45) is 3.41. The van der Waals surface area contributed by atoms with Crippen LogP contribution < -0.4 is 0 Å². The number of carbonyl (C=O) groups excluding carboxylic acids is 1. The molecule has 0 aliphatic heterocycles. The number of nitrogens with one attached hydrogen (secondary N) is 1. The van der Waals surface area contributed by atoms with Crippen molar-refractivity contribution < 1.29 is 4.79 Å². The summed E-state index contributed by atoms with van der Waals surface area (Å²) in [5.41, 5.74) is 0.871. The predicted octanol–water partition coefficient (Wildman–Crippen LogP) is 1.05. The van der Waals surface area contributed by atoms with Crippen LogP contribution in [0.15, 0.2) is 29.7 Å². The first-order valence-electron chi connectivity index (χ1n) is 5.32. The number of aromatic amines is 1. The first-order chi connectivity index (χ1) is 8.66. The summed E-state index contributed by atoms with van der Waals surface area (Å²) in [6, 6.07) is 3.73. The van der Waals surface area contributed by atoms with Gasteiger partial charge in [0.15, 0.2) is 5.82 Å². The summed E-state index contributed by atoms with van der Waals surface area (Å²) >= 11 is 1.31. The van der Waals surface area contributed by atoms with Gasteiger partial charge in [-0.15, -0.1) is 5.10 Å². The summed E-state index contributed by atoms with van der Waals surface area (Å²) in [5.74, 6) is 1.02. The molecule has 0 saturated heterocycles. The van der Waals surface area contributed by atoms with Gasteiger partial charge in [0.25, 0.3) is 0 Å². The van der Waals surface area contributed by atoms with Gasteiger partial charge >= 0.3 is 0 Å². The Morgan fingerprint density at radius 1 is 1.50 bits per heavy atom. The molecule has 0 unspecified atom stereocenters. The smallest absolute Gasteiger partial charge is 0.232 e. The standard InChI is InChI=1S/C11H13N5OS/c1-16(2)9(17)7-18-11-13-10(14-15-11)8-4-3-5-12-6-8/h3-6H,7H2,1-2H3,(H,13,14,15). The van der Waals surface area contributed by atoms with Gasteiger partial charge in [-0.25, -0.2) is 4.98 Å². The molecule has 0 atom stereocenters. The molecule has 0 bridgehead atoms. The quantitative estimate of drug-likeness (QED) is 0.834. The molecule has 2 heterocycles. The van der Waals surface area contributed by atoms with Crippen molar-refractivity contribution in [3.05, 3.63) is 24.5 Å². The average molecular weight is 263 g/mol. The Morgan fingerprint density at radius 2 is 2.33 bits per heavy atom. The van der Waals surface area contributed by atoms with E-state index in [0.29, 0.717) is 16.7 Å². The zero-order valence-corrected chi connectivity index (χ0v) is 10.9. The number of aromatic nitrogens is 4. The number of nitrogens with zero attached hydrogens (tertiary/aromatic N) is 4. The lowest BCUT2D eigenvalue weighted by molar-refractivity contribution is -0.125. The fraction of sp³-hybridized carbons (Fsp3) is 0.273. The largest absolute Gasteiger partial charge is 0.348 e. The van der Waals surface area contributed by atoms with E-state index in [0.717, 1.165) is 5.56 Å². The van der Waals surface area contributed by atoms with E-state index in [9.17, 15) is 4.79 Å². The van der Waals surface area contributed by atoms with E-state index in [-0.39, 0.29) is 5.91 Å². The first kappa shape index (κ1) is 12.6. The third-order valence-corrected chi connectivity index (χ3v) is 3.06. The second kappa shape index (κ2) is 5.63. The van der Waals surface area contributed by atoms with Crippen molar-refractivity contribution >= 4 is 17.7 Å². The maximum Gasteiger partial charge on any atom is 0.232 e. The highest BCUT2D eigenvalue weighted by Gasteiger charge is 2.09. The highest BCUT2D eigenvalue weighted by atomic mass is 32.2. The maximum absolute atomic E-state index is 11.4. The number of thioether (sulfide) groups is 1. The number of rotatable bonds is 4. The zero-order chi connectivity index (χ0) is 13.0. The van der Waals surface area contributed by atoms with Crippen LogP contribution in [0.2, 0.25) is 0 Å². The number of hydrogen-bond donors (Lipinski definition) is 1. The first-order valence-corrected chi connectivity index (χ1v) is 6.31. The minimum absolute atomic E-state index is 0.0349. The van der Waals surface area contributed by atoms with Crippen molar-refractivity contribution in [3.63, 3.8) is 0 Å². The molecule has 0 aromatic carbocycles. The Bertz CT molecular complexity index is 525. The highest BCUT2D eigenvalue weighted by molar-refractivity contribution is 7.99. The molecule has 7 heteroatoms. The van der Waals surface area contributed by atoms with Crippen LogP contribution in [0.1, 0.15) is 0 Å². The molecular weight excluding hydrogens is 250 g/mol. The Balaban J connectivity index is 2.01. The summed E-state index contributed by atoms with van der Waals surface area (Å²) in [5, 5.41) is 7.44. The summed E-state index contributed by atoms with van der Waals surface area (Å²) in [6.45, 7) is 0. The lowest BCUT2D eigenvalue weighted by Gasteiger charge is -2.07. The van der Waals surface area contributed by atoms with Crippen molar-refractivity contribution in [3.8, 4) is 11.4 Å². The SMILES string of the molecule is CN(C)C(=O)CSc1n[nH]c(-c2cccnc2)n1. The van der Waals surface area contributed by atoms with E-state index in [4.69, 9.17) is 0 Å². The van der Waals surface area contributed by atoms with E-state index in [2.05, 4.69) is 20.2 Å². The van der Waals surface area contributed by atoms with E-state index in [1.807, 2.05) is 12.1 Å². The number of carbonyl (C=O) groups is 1. The lowest BCUT2D eigenvalue weighted by atomic mass is 10.3. The lowest BCUT2D eigenvalue weighted by Crippen LogP contribution is -2.23. The maximum atomic E-state index is 11.4. The van der Waals surface area contributed by atoms with Crippen LogP contribution in [0.3, 0.4) is 0 Å². The van der Waals surface area contributed by atoms with Crippen LogP contribution in [-0.2, 0) is 4.79 Å². The van der Waals surface area contributed by atoms with Gasteiger partial charge in [-0.2, -0.15) is 0 Å². The average Bonchev–Trinajstić information content (AvgIpc) is 2.85. The minimum Gasteiger partial charge on any atom is -0.348 e. The third-order valence-electron chi connectivity index (χ3n) is 2.22. The number of hydrogen-bond acceptors (Lipinski definition) is 5. The zero-order valence-electron chi connectivity index (χ0n) is 10.1. The second-order valence-electron chi connectivity index (χ2n) is 3.79. The molecule has 0 aliphatic carbocycles. The van der Waals surface area contributed by atoms with Crippen LogP contribution in [-0.4, -0.2) is 50.8 Å². The molecule has 2 aromatic heterocycles. The van der Waals surface area contributed by atoms with Crippen LogP contribution in [0.5, 0.6) is 0 Å². The molecule has 0 fully saturated rings. The van der Waals surface area contributed by atoms with E-state index in [1.165, 1.54) is 11.8 Å². The molecular formula is C11H13N5OS. The fourth-order valence-corrected chi connectivity index (χ4v) is 1.98. The summed E-state index contributed by atoms with van der Waals surface area (Å²) in [4.78, 5) is 21.3. The van der Waals surface area contributed by atoms with Gasteiger partial charge in [0, 0.05) is 32.1 Å². The van der Waals surface area contributed by atoms with Crippen molar-refractivity contribution in [2.24, 2.45) is 0 Å². The minimum atomic E-state index is 0.0349. The van der Waals surface area contributed by atoms with Crippen LogP contribution in [0, 0.1) is 0 Å². The van der Waals surface area contributed by atoms with Gasteiger partial charge in [0.1, 0.15) is 0 Å². The van der Waals surface area contributed by atoms with Crippen molar-refractivity contribution in [1.29, 1.82) is 0 Å². The molecule has 1 amide bonds. The Hall–Kier alpha value is -1.89. The third kappa shape index (κ3) is 3.07. The monoisotopic (exact) mass is 263 g/mol. The molecule has 1 N–H and O–H groups in total. The molecule has 0 spiro atoms. The van der Waals surface area contributed by atoms with Crippen molar-refractivity contribution in [1.82, 2.24) is 25.1 Å². The van der Waals surface area contributed by atoms with Gasteiger partial charge in [0.2, 0.25) is 11.1 Å². The molecule has 6 nitrogen and oxygen atoms in total. The molecule has 2 rings (SSSR count). The van der Waals surface area contributed by atoms with Gasteiger partial charge in [-0.3, -0.25) is 14.9 Å². The molecule has 0 saturated carbocycles. The number of pyridine rings is 1. The van der Waals surface area contributed by atoms with Crippen LogP contribution >= 0.6 is 11.8 Å². The topological polar surface area (TPSA) is 74.8 Å². The Morgan fingerprint density at radius 3 is 3.00 bits per heavy atom. The predicted molar refractivity (Wildman–Crippen MR) is 69.0 cm³/mol. The van der Waals surface area contributed by atoms with E-state index in [1.54, 1.807) is 31.4 Å². The molecule has 0 aliphatic rings. The molecule has 0 radical (unpaired) electrons. The van der Waals surface area contributed by atoms with Gasteiger partial charge in [-0.1, -0.05) is 11.8 Å². The summed E-state index contributed by atoms with van der Waals surface area (Å²) < 4.78 is 0. The van der Waals surface area contributed by atoms with Gasteiger partial charge in [0.05, 0.1) is 5.75 Å². The normalized spacial score (nSPS) is 10.3. The van der Waals surface area contributed by atoms with Crippen LogP contribution in [0.4, 0.5) is 0 Å². The van der Waals surface area contributed by atoms with E-state index < -0.39 is 0 Å². The molecule has 94 valence electrons. The van der Waals surface area contributed by atoms with Gasteiger partial charge in [-0.05, 0) is 12.1 Å². The molecule has 18 heavy (non-hydrogen) atoms. The van der Waals surface area contributed by atoms with Crippen molar-refractivity contribution in [2.45, 2.75) is 5.16 Å². The summed E-state index contributed by atoms with van der Waals surface area (Å²) in [7, 11) is 3.45. The Labute approximate surface area is 109 Å². The highest BCUT2D eigenvalue weighted by Crippen LogP contribution is 2.18. The van der Waals surface area contributed by atoms with E-state index >= 15 is 0 Å². The number of H-pyrrole nitrogens is 1. The number of amides is 1. The van der Waals surface area contributed by atoms with Gasteiger partial charge < -0.3 is 4.90 Å². The Kier molecular flexibility index (Phi) is 3.93. The molecule has 2 aromatic rings. The van der Waals surface area contributed by atoms with Crippen molar-refractivity contribution in [2.75, 3.05) is 19.8 Å². The van der Waals surface area contributed by atoms with Crippen LogP contribution in [0.25, 0.3) is 11.4 Å².